The number of benzene rings is 2. The van der Waals surface area contributed by atoms with E-state index in [9.17, 15) is 9.59 Å². The van der Waals surface area contributed by atoms with Crippen molar-refractivity contribution >= 4 is 38.4 Å². The van der Waals surface area contributed by atoms with Crippen LogP contribution >= 0.6 is 11.3 Å². The minimum Gasteiger partial charge on any atom is -0.496 e. The number of thiophene rings is 1. The number of rotatable bonds is 5. The average molecular weight is 465 g/mol. The van der Waals surface area contributed by atoms with E-state index in [1.54, 1.807) is 7.11 Å². The standard InChI is InChI=1S/C26H28N2O4S/c1-15(27-25(30)32-26(2,3)4)14-16-6-8-17(9-7-16)21-20(31-5)11-10-19-22(21)18-12-13-33-23(18)24(29)28-19/h6-13,15H,14H2,1-5H3,(H,27,30)(H,28,29). The molecule has 7 heteroatoms. The van der Waals surface area contributed by atoms with E-state index in [2.05, 4.69) is 34.6 Å². The van der Waals surface area contributed by atoms with Crippen LogP contribution in [0.25, 0.3) is 32.1 Å². The number of methoxy groups -OCH3 is 1. The highest BCUT2D eigenvalue weighted by atomic mass is 32.1. The molecule has 4 rings (SSSR count). The van der Waals surface area contributed by atoms with Gasteiger partial charge in [-0.1, -0.05) is 24.3 Å². The van der Waals surface area contributed by atoms with Gasteiger partial charge in [0.1, 0.15) is 16.1 Å². The van der Waals surface area contributed by atoms with Gasteiger partial charge in [0.2, 0.25) is 0 Å². The van der Waals surface area contributed by atoms with Gasteiger partial charge in [0, 0.05) is 27.9 Å². The molecule has 1 atom stereocenters. The van der Waals surface area contributed by atoms with Crippen LogP contribution in [0.15, 0.2) is 52.6 Å². The monoisotopic (exact) mass is 464 g/mol. The smallest absolute Gasteiger partial charge is 0.407 e. The van der Waals surface area contributed by atoms with Crippen molar-refractivity contribution < 1.29 is 14.3 Å². The molecule has 6 nitrogen and oxygen atoms in total. The molecular formula is C26H28N2O4S. The van der Waals surface area contributed by atoms with E-state index < -0.39 is 11.7 Å². The van der Waals surface area contributed by atoms with Crippen molar-refractivity contribution in [2.24, 2.45) is 0 Å². The molecule has 33 heavy (non-hydrogen) atoms. The molecule has 4 aromatic rings. The van der Waals surface area contributed by atoms with Crippen LogP contribution in [-0.2, 0) is 11.2 Å². The number of aromatic nitrogens is 1. The normalized spacial score (nSPS) is 12.6. The van der Waals surface area contributed by atoms with Crippen molar-refractivity contribution in [2.75, 3.05) is 7.11 Å². The highest BCUT2D eigenvalue weighted by Gasteiger charge is 2.19. The van der Waals surface area contributed by atoms with Gasteiger partial charge in [0.15, 0.2) is 0 Å². The molecule has 1 unspecified atom stereocenters. The van der Waals surface area contributed by atoms with Crippen LogP contribution < -0.4 is 15.6 Å². The third-order valence-corrected chi connectivity index (χ3v) is 6.24. The fourth-order valence-corrected chi connectivity index (χ4v) is 4.80. The van der Waals surface area contributed by atoms with Gasteiger partial charge in [-0.05, 0) is 68.8 Å². The first-order valence-corrected chi connectivity index (χ1v) is 11.7. The molecule has 0 aliphatic carbocycles. The van der Waals surface area contributed by atoms with Crippen molar-refractivity contribution in [1.29, 1.82) is 0 Å². The maximum Gasteiger partial charge on any atom is 0.407 e. The second kappa shape index (κ2) is 8.90. The number of alkyl carbamates (subject to hydrolysis) is 1. The van der Waals surface area contributed by atoms with Gasteiger partial charge < -0.3 is 19.8 Å². The average Bonchev–Trinajstić information content (AvgIpc) is 3.23. The minimum atomic E-state index is -0.527. The van der Waals surface area contributed by atoms with E-state index in [4.69, 9.17) is 9.47 Å². The lowest BCUT2D eigenvalue weighted by atomic mass is 9.95. The number of fused-ring (bicyclic) bond motifs is 3. The number of carbonyl (C=O) groups is 1. The maximum atomic E-state index is 12.4. The zero-order valence-electron chi connectivity index (χ0n) is 19.4. The molecule has 0 radical (unpaired) electrons. The predicted molar refractivity (Wildman–Crippen MR) is 134 cm³/mol. The van der Waals surface area contributed by atoms with E-state index in [1.807, 2.05) is 51.3 Å². The second-order valence-electron chi connectivity index (χ2n) is 9.13. The zero-order valence-corrected chi connectivity index (χ0v) is 20.3. The first-order chi connectivity index (χ1) is 15.7. The molecular weight excluding hydrogens is 436 g/mol. The van der Waals surface area contributed by atoms with Crippen molar-refractivity contribution in [3.63, 3.8) is 0 Å². The summed E-state index contributed by atoms with van der Waals surface area (Å²) in [5.41, 5.74) is 3.21. The Morgan fingerprint density at radius 1 is 1.12 bits per heavy atom. The summed E-state index contributed by atoms with van der Waals surface area (Å²) in [6.07, 6.45) is 0.259. The highest BCUT2D eigenvalue weighted by Crippen LogP contribution is 2.40. The Kier molecular flexibility index (Phi) is 6.17. The lowest BCUT2D eigenvalue weighted by Crippen LogP contribution is -2.38. The zero-order chi connectivity index (χ0) is 23.8. The van der Waals surface area contributed by atoms with Gasteiger partial charge in [-0.2, -0.15) is 0 Å². The quantitative estimate of drug-likeness (QED) is 0.387. The molecule has 172 valence electrons. The van der Waals surface area contributed by atoms with Gasteiger partial charge in [-0.25, -0.2) is 4.79 Å². The fraction of sp³-hybridized carbons (Fsp3) is 0.308. The first-order valence-electron chi connectivity index (χ1n) is 10.9. The highest BCUT2D eigenvalue weighted by molar-refractivity contribution is 7.17. The van der Waals surface area contributed by atoms with E-state index in [0.29, 0.717) is 11.1 Å². The summed E-state index contributed by atoms with van der Waals surface area (Å²) < 4.78 is 11.7. The number of ether oxygens (including phenoxy) is 2. The molecule has 0 saturated carbocycles. The van der Waals surface area contributed by atoms with E-state index in [-0.39, 0.29) is 11.6 Å². The van der Waals surface area contributed by atoms with Gasteiger partial charge in [-0.15, -0.1) is 11.3 Å². The van der Waals surface area contributed by atoms with Gasteiger partial charge in [0.25, 0.3) is 5.56 Å². The predicted octanol–water partition coefficient (Wildman–Crippen LogP) is 5.87. The first kappa shape index (κ1) is 22.9. The maximum absolute atomic E-state index is 12.4. The molecule has 2 N–H and O–H groups in total. The van der Waals surface area contributed by atoms with Crippen LogP contribution in [0.4, 0.5) is 4.79 Å². The summed E-state index contributed by atoms with van der Waals surface area (Å²) in [6, 6.07) is 13.9. The fourth-order valence-electron chi connectivity index (χ4n) is 4.01. The number of H-pyrrole nitrogens is 1. The largest absolute Gasteiger partial charge is 0.496 e. The Morgan fingerprint density at radius 2 is 1.85 bits per heavy atom. The summed E-state index contributed by atoms with van der Waals surface area (Å²) >= 11 is 1.43. The molecule has 2 heterocycles. The number of hydrogen-bond acceptors (Lipinski definition) is 5. The third-order valence-electron chi connectivity index (χ3n) is 5.32. The second-order valence-corrected chi connectivity index (χ2v) is 10.0. The van der Waals surface area contributed by atoms with Crippen LogP contribution in [0.1, 0.15) is 33.3 Å². The van der Waals surface area contributed by atoms with Crippen LogP contribution in [0.5, 0.6) is 5.75 Å². The number of amides is 1. The Hall–Kier alpha value is -3.32. The van der Waals surface area contributed by atoms with Crippen LogP contribution in [0.3, 0.4) is 0 Å². The summed E-state index contributed by atoms with van der Waals surface area (Å²) in [5.74, 6) is 0.745. The van der Waals surface area contributed by atoms with Crippen molar-refractivity contribution in [3.05, 3.63) is 63.8 Å². The van der Waals surface area contributed by atoms with Crippen molar-refractivity contribution in [1.82, 2.24) is 10.3 Å². The Morgan fingerprint density at radius 3 is 2.52 bits per heavy atom. The summed E-state index contributed by atoms with van der Waals surface area (Å²) in [7, 11) is 1.65. The molecule has 0 fully saturated rings. The molecule has 0 saturated heterocycles. The van der Waals surface area contributed by atoms with Gasteiger partial charge in [0.05, 0.1) is 7.11 Å². The number of aromatic amines is 1. The summed E-state index contributed by atoms with van der Waals surface area (Å²) in [4.78, 5) is 27.5. The molecule has 2 aromatic carbocycles. The topological polar surface area (TPSA) is 80.4 Å². The Bertz CT molecular complexity index is 1360. The lowest BCUT2D eigenvalue weighted by molar-refractivity contribution is 0.0508. The molecule has 0 aliphatic heterocycles. The van der Waals surface area contributed by atoms with Crippen LogP contribution in [0.2, 0.25) is 0 Å². The SMILES string of the molecule is COc1ccc2[nH]c(=O)c3sccc3c2c1-c1ccc(CC(C)NC(=O)OC(C)(C)C)cc1. The molecule has 0 aliphatic rings. The van der Waals surface area contributed by atoms with E-state index >= 15 is 0 Å². The summed E-state index contributed by atoms with van der Waals surface area (Å²) in [6.45, 7) is 7.49. The Balaban J connectivity index is 1.65. The van der Waals surface area contributed by atoms with Crippen molar-refractivity contribution in [3.8, 4) is 16.9 Å². The molecule has 1 amide bonds. The minimum absolute atomic E-state index is 0.0757. The molecule has 2 aromatic heterocycles. The van der Waals surface area contributed by atoms with Gasteiger partial charge >= 0.3 is 6.09 Å². The summed E-state index contributed by atoms with van der Waals surface area (Å²) in [5, 5.41) is 6.71. The van der Waals surface area contributed by atoms with E-state index in [0.717, 1.165) is 38.7 Å². The molecule has 0 bridgehead atoms. The number of pyridine rings is 1. The van der Waals surface area contributed by atoms with Crippen molar-refractivity contribution in [2.45, 2.75) is 45.8 Å². The van der Waals surface area contributed by atoms with Crippen LogP contribution in [-0.4, -0.2) is 29.8 Å². The van der Waals surface area contributed by atoms with E-state index in [1.165, 1.54) is 11.3 Å². The Labute approximate surface area is 196 Å². The molecule has 0 spiro atoms. The number of hydrogen-bond donors (Lipinski definition) is 2. The van der Waals surface area contributed by atoms with Gasteiger partial charge in [-0.3, -0.25) is 4.79 Å². The van der Waals surface area contributed by atoms with Crippen LogP contribution in [0, 0.1) is 0 Å². The number of carbonyl (C=O) groups excluding carboxylic acids is 1. The lowest BCUT2D eigenvalue weighted by Gasteiger charge is -2.22. The third kappa shape index (κ3) is 4.88. The number of nitrogens with one attached hydrogen (secondary N) is 2.